The normalized spacial score (nSPS) is 15.4. The summed E-state index contributed by atoms with van der Waals surface area (Å²) < 4.78 is 19.8. The Morgan fingerprint density at radius 2 is 1.85 bits per heavy atom. The van der Waals surface area contributed by atoms with Crippen LogP contribution in [0.15, 0.2) is 53.0 Å². The van der Waals surface area contributed by atoms with Crippen molar-refractivity contribution in [3.05, 3.63) is 69.8 Å². The van der Waals surface area contributed by atoms with Gasteiger partial charge in [-0.25, -0.2) is 4.68 Å². The lowest BCUT2D eigenvalue weighted by atomic mass is 10.2. The number of anilines is 1. The van der Waals surface area contributed by atoms with Gasteiger partial charge < -0.3 is 10.1 Å². The van der Waals surface area contributed by atoms with Gasteiger partial charge >= 0.3 is 0 Å². The first-order valence-electron chi connectivity index (χ1n) is 8.22. The molecule has 2 heterocycles. The predicted molar refractivity (Wildman–Crippen MR) is 108 cm³/mol. The van der Waals surface area contributed by atoms with E-state index in [1.165, 1.54) is 0 Å². The number of aromatic nitrogens is 2. The van der Waals surface area contributed by atoms with Gasteiger partial charge in [0.2, 0.25) is 0 Å². The van der Waals surface area contributed by atoms with Gasteiger partial charge in [-0.1, -0.05) is 15.9 Å². The van der Waals surface area contributed by atoms with Crippen molar-refractivity contribution in [2.45, 2.75) is 11.5 Å². The van der Waals surface area contributed by atoms with E-state index in [1.807, 2.05) is 36.4 Å². The summed E-state index contributed by atoms with van der Waals surface area (Å²) in [6.45, 7) is 0. The molecule has 27 heavy (non-hydrogen) atoms. The molecule has 0 fully saturated rings. The summed E-state index contributed by atoms with van der Waals surface area (Å²) in [6, 6.07) is 14.5. The molecule has 2 aromatic carbocycles. The van der Waals surface area contributed by atoms with Crippen LogP contribution in [0.3, 0.4) is 0 Å². The quantitative estimate of drug-likeness (QED) is 0.664. The number of methoxy groups -OCH3 is 1. The first kappa shape index (κ1) is 17.9. The largest absolute Gasteiger partial charge is 0.497 e. The molecule has 1 amide bonds. The second kappa shape index (κ2) is 7.28. The van der Waals surface area contributed by atoms with Gasteiger partial charge in [-0.2, -0.15) is 5.10 Å². The van der Waals surface area contributed by atoms with Crippen LogP contribution in [-0.4, -0.2) is 27.0 Å². The van der Waals surface area contributed by atoms with Crippen molar-refractivity contribution in [1.29, 1.82) is 0 Å². The molecule has 0 radical (unpaired) electrons. The van der Waals surface area contributed by atoms with Gasteiger partial charge in [-0.3, -0.25) is 9.00 Å². The third kappa shape index (κ3) is 3.54. The number of hydrogen-bond acceptors (Lipinski definition) is 4. The van der Waals surface area contributed by atoms with Crippen LogP contribution < -0.4 is 10.1 Å². The van der Waals surface area contributed by atoms with Crippen molar-refractivity contribution >= 4 is 38.5 Å². The average molecular weight is 446 g/mol. The number of fused-ring (bicyclic) bond motifs is 1. The zero-order valence-electron chi connectivity index (χ0n) is 14.4. The molecular formula is C19H16BrN3O3S. The van der Waals surface area contributed by atoms with Gasteiger partial charge in [0.05, 0.1) is 30.0 Å². The third-order valence-corrected chi connectivity index (χ3v) is 6.06. The summed E-state index contributed by atoms with van der Waals surface area (Å²) in [5, 5.41) is 7.54. The monoisotopic (exact) mass is 445 g/mol. The van der Waals surface area contributed by atoms with E-state index in [0.717, 1.165) is 27.2 Å². The number of carbonyl (C=O) groups excluding carboxylic acids is 1. The first-order chi connectivity index (χ1) is 13.0. The zero-order valence-corrected chi connectivity index (χ0v) is 16.8. The highest BCUT2D eigenvalue weighted by atomic mass is 79.9. The molecule has 1 atom stereocenters. The third-order valence-electron chi connectivity index (χ3n) is 4.33. The number of halogens is 1. The van der Waals surface area contributed by atoms with Gasteiger partial charge in [0, 0.05) is 26.4 Å². The standard InChI is InChI=1S/C19H16BrN3O3S/c1-26-15-8-6-14(7-9-15)23-18(16-10-27(25)11-17(16)22-23)21-19(24)12-2-4-13(20)5-3-12/h2-9H,10-11H2,1H3,(H,21,24)/t27-/m1/s1. The second-order valence-corrected chi connectivity index (χ2v) is 8.45. The Morgan fingerprint density at radius 3 is 2.52 bits per heavy atom. The van der Waals surface area contributed by atoms with Crippen LogP contribution >= 0.6 is 15.9 Å². The molecule has 8 heteroatoms. The van der Waals surface area contributed by atoms with E-state index in [0.29, 0.717) is 22.9 Å². The summed E-state index contributed by atoms with van der Waals surface area (Å²) in [5.41, 5.74) is 2.92. The maximum atomic E-state index is 12.7. The lowest BCUT2D eigenvalue weighted by Gasteiger charge is -2.11. The zero-order chi connectivity index (χ0) is 19.0. The van der Waals surface area contributed by atoms with Crippen molar-refractivity contribution in [3.63, 3.8) is 0 Å². The minimum Gasteiger partial charge on any atom is -0.497 e. The van der Waals surface area contributed by atoms with E-state index in [4.69, 9.17) is 4.74 Å². The van der Waals surface area contributed by atoms with Crippen LogP contribution in [0.25, 0.3) is 5.69 Å². The van der Waals surface area contributed by atoms with E-state index in [2.05, 4.69) is 26.3 Å². The molecule has 1 aliphatic rings. The Labute approximate surface area is 167 Å². The van der Waals surface area contributed by atoms with Crippen LogP contribution in [0.1, 0.15) is 21.6 Å². The van der Waals surface area contributed by atoms with Crippen LogP contribution in [0.5, 0.6) is 5.75 Å². The molecule has 1 aromatic heterocycles. The fourth-order valence-corrected chi connectivity index (χ4v) is 4.48. The fraction of sp³-hybridized carbons (Fsp3) is 0.158. The summed E-state index contributed by atoms with van der Waals surface area (Å²) in [7, 11) is 0.624. The number of carbonyl (C=O) groups is 1. The molecule has 6 nitrogen and oxygen atoms in total. The Balaban J connectivity index is 1.72. The Morgan fingerprint density at radius 1 is 1.15 bits per heavy atom. The number of ether oxygens (including phenoxy) is 1. The lowest BCUT2D eigenvalue weighted by Crippen LogP contribution is -2.16. The van der Waals surface area contributed by atoms with Crippen molar-refractivity contribution in [1.82, 2.24) is 9.78 Å². The molecule has 0 spiro atoms. The van der Waals surface area contributed by atoms with Crippen LogP contribution in [0.4, 0.5) is 5.82 Å². The maximum absolute atomic E-state index is 12.7. The molecule has 0 saturated carbocycles. The molecule has 0 bridgehead atoms. The highest BCUT2D eigenvalue weighted by molar-refractivity contribution is 9.10. The highest BCUT2D eigenvalue weighted by Crippen LogP contribution is 2.32. The van der Waals surface area contributed by atoms with Crippen molar-refractivity contribution in [2.24, 2.45) is 0 Å². The van der Waals surface area contributed by atoms with E-state index in [-0.39, 0.29) is 5.91 Å². The van der Waals surface area contributed by atoms with Crippen molar-refractivity contribution in [3.8, 4) is 11.4 Å². The summed E-state index contributed by atoms with van der Waals surface area (Å²) in [6.07, 6.45) is 0. The van der Waals surface area contributed by atoms with Gasteiger partial charge in [-0.15, -0.1) is 0 Å². The average Bonchev–Trinajstić information content (AvgIpc) is 3.19. The molecule has 4 rings (SSSR count). The summed E-state index contributed by atoms with van der Waals surface area (Å²) in [4.78, 5) is 12.7. The smallest absolute Gasteiger partial charge is 0.256 e. The number of hydrogen-bond donors (Lipinski definition) is 1. The van der Waals surface area contributed by atoms with Crippen LogP contribution in [-0.2, 0) is 22.3 Å². The molecule has 0 unspecified atom stereocenters. The number of rotatable bonds is 4. The minimum atomic E-state index is -0.984. The van der Waals surface area contributed by atoms with E-state index >= 15 is 0 Å². The van der Waals surface area contributed by atoms with Crippen LogP contribution in [0.2, 0.25) is 0 Å². The summed E-state index contributed by atoms with van der Waals surface area (Å²) >= 11 is 3.37. The summed E-state index contributed by atoms with van der Waals surface area (Å²) in [5.74, 6) is 1.85. The number of nitrogens with zero attached hydrogens (tertiary/aromatic N) is 2. The molecule has 0 saturated heterocycles. The van der Waals surface area contributed by atoms with Crippen molar-refractivity contribution < 1.29 is 13.7 Å². The molecule has 1 N–H and O–H groups in total. The van der Waals surface area contributed by atoms with Crippen LogP contribution in [0, 0.1) is 0 Å². The van der Waals surface area contributed by atoms with Gasteiger partial charge in [0.25, 0.3) is 5.91 Å². The minimum absolute atomic E-state index is 0.238. The number of nitrogens with one attached hydrogen (secondary N) is 1. The molecular weight excluding hydrogens is 430 g/mol. The van der Waals surface area contributed by atoms with Gasteiger partial charge in [0.1, 0.15) is 11.6 Å². The number of benzene rings is 2. The van der Waals surface area contributed by atoms with E-state index in [1.54, 1.807) is 23.9 Å². The Kier molecular flexibility index (Phi) is 4.84. The second-order valence-electron chi connectivity index (χ2n) is 6.07. The molecule has 1 aliphatic heterocycles. The lowest BCUT2D eigenvalue weighted by molar-refractivity contribution is 0.102. The Bertz CT molecular complexity index is 1030. The topological polar surface area (TPSA) is 73.2 Å². The van der Waals surface area contributed by atoms with Crippen molar-refractivity contribution in [2.75, 3.05) is 12.4 Å². The molecule has 3 aromatic rings. The maximum Gasteiger partial charge on any atom is 0.256 e. The highest BCUT2D eigenvalue weighted by Gasteiger charge is 2.28. The van der Waals surface area contributed by atoms with E-state index in [9.17, 15) is 9.00 Å². The number of amides is 1. The SMILES string of the molecule is COc1ccc(-n2nc3c(c2NC(=O)c2ccc(Br)cc2)C[S@@](=O)C3)cc1. The first-order valence-corrected chi connectivity index (χ1v) is 10.5. The molecule has 138 valence electrons. The Hall–Kier alpha value is -2.45. The predicted octanol–water partition coefficient (Wildman–Crippen LogP) is 3.66. The van der Waals surface area contributed by atoms with E-state index < -0.39 is 10.8 Å². The fourth-order valence-electron chi connectivity index (χ4n) is 2.95. The van der Waals surface area contributed by atoms with Gasteiger partial charge in [-0.05, 0) is 48.5 Å². The molecule has 0 aliphatic carbocycles. The van der Waals surface area contributed by atoms with Gasteiger partial charge in [0.15, 0.2) is 0 Å².